The Labute approximate surface area is 223 Å². The van der Waals surface area contributed by atoms with Crippen molar-refractivity contribution in [3.63, 3.8) is 0 Å². The van der Waals surface area contributed by atoms with E-state index in [0.717, 1.165) is 10.9 Å². The van der Waals surface area contributed by atoms with Crippen LogP contribution in [-0.2, 0) is 9.59 Å². The zero-order valence-electron chi connectivity index (χ0n) is 20.5. The third kappa shape index (κ3) is 4.78. The summed E-state index contributed by atoms with van der Waals surface area (Å²) in [5, 5.41) is 16.3. The Morgan fingerprint density at radius 3 is 2.53 bits per heavy atom. The van der Waals surface area contributed by atoms with Crippen molar-refractivity contribution in [3.8, 4) is 16.9 Å². The number of benzene rings is 3. The van der Waals surface area contributed by atoms with Crippen LogP contribution in [-0.4, -0.2) is 39.8 Å². The molecule has 38 heavy (non-hydrogen) atoms. The molecule has 1 aromatic heterocycles. The first kappa shape index (κ1) is 25.2. The number of fused-ring (bicyclic) bond motifs is 1. The summed E-state index contributed by atoms with van der Waals surface area (Å²) in [6.07, 6.45) is -0.329. The van der Waals surface area contributed by atoms with Crippen LogP contribution in [0.3, 0.4) is 0 Å². The fourth-order valence-electron chi connectivity index (χ4n) is 4.85. The second-order valence-electron chi connectivity index (χ2n) is 8.90. The molecule has 1 atom stereocenters. The monoisotopic (exact) mass is 529 g/mol. The van der Waals surface area contributed by atoms with Gasteiger partial charge in [-0.2, -0.15) is 5.10 Å². The number of aromatic amines is 1. The number of carbonyl (C=O) groups is 2. The van der Waals surface area contributed by atoms with Crippen LogP contribution in [0.2, 0.25) is 5.02 Å². The Hall–Kier alpha value is -4.43. The van der Waals surface area contributed by atoms with E-state index in [-0.39, 0.29) is 24.8 Å². The molecule has 2 N–H and O–H groups in total. The van der Waals surface area contributed by atoms with E-state index in [4.69, 9.17) is 21.4 Å². The number of methoxy groups -OCH3 is 1. The van der Waals surface area contributed by atoms with Crippen molar-refractivity contribution in [1.29, 1.82) is 0 Å². The minimum Gasteiger partial charge on any atom is -0.496 e. The number of pyridine rings is 1. The lowest BCUT2D eigenvalue weighted by Gasteiger charge is -2.23. The van der Waals surface area contributed by atoms with Crippen LogP contribution in [0.5, 0.6) is 5.75 Å². The first-order valence-electron chi connectivity index (χ1n) is 12.0. The highest BCUT2D eigenvalue weighted by molar-refractivity contribution is 6.31. The van der Waals surface area contributed by atoms with Gasteiger partial charge in [0.25, 0.3) is 5.56 Å². The van der Waals surface area contributed by atoms with E-state index in [2.05, 4.69) is 10.1 Å². The summed E-state index contributed by atoms with van der Waals surface area (Å²) in [5.74, 6) is -0.975. The Kier molecular flexibility index (Phi) is 6.98. The van der Waals surface area contributed by atoms with Crippen LogP contribution < -0.4 is 10.3 Å². The number of hydrogen-bond donors (Lipinski definition) is 2. The average molecular weight is 530 g/mol. The van der Waals surface area contributed by atoms with E-state index in [1.807, 2.05) is 48.5 Å². The summed E-state index contributed by atoms with van der Waals surface area (Å²) in [7, 11) is 1.54. The van der Waals surface area contributed by atoms with Gasteiger partial charge in [-0.3, -0.25) is 14.4 Å². The largest absolute Gasteiger partial charge is 0.496 e. The topological polar surface area (TPSA) is 112 Å². The molecular weight excluding hydrogens is 506 g/mol. The predicted molar refractivity (Wildman–Crippen MR) is 146 cm³/mol. The number of halogens is 1. The predicted octanol–water partition coefficient (Wildman–Crippen LogP) is 5.40. The van der Waals surface area contributed by atoms with Gasteiger partial charge in [-0.15, -0.1) is 0 Å². The fraction of sp³-hybridized carbons (Fsp3) is 0.172. The lowest BCUT2D eigenvalue weighted by molar-refractivity contribution is -0.141. The van der Waals surface area contributed by atoms with Crippen molar-refractivity contribution in [2.45, 2.75) is 25.3 Å². The van der Waals surface area contributed by atoms with Gasteiger partial charge in [0.1, 0.15) is 5.75 Å². The van der Waals surface area contributed by atoms with Crippen LogP contribution in [0.15, 0.2) is 82.7 Å². The Morgan fingerprint density at radius 2 is 1.79 bits per heavy atom. The molecule has 0 saturated carbocycles. The number of aromatic nitrogens is 1. The Morgan fingerprint density at radius 1 is 1.05 bits per heavy atom. The van der Waals surface area contributed by atoms with Gasteiger partial charge >= 0.3 is 5.97 Å². The van der Waals surface area contributed by atoms with Crippen molar-refractivity contribution in [2.24, 2.45) is 5.10 Å². The fourth-order valence-corrected chi connectivity index (χ4v) is 5.02. The van der Waals surface area contributed by atoms with Crippen LogP contribution in [0.4, 0.5) is 0 Å². The molecule has 2 heterocycles. The summed E-state index contributed by atoms with van der Waals surface area (Å²) in [4.78, 5) is 40.9. The molecule has 1 aliphatic rings. The van der Waals surface area contributed by atoms with E-state index >= 15 is 0 Å². The first-order chi connectivity index (χ1) is 18.4. The number of amides is 1. The number of nitrogens with one attached hydrogen (secondary N) is 1. The number of rotatable bonds is 7. The minimum absolute atomic E-state index is 0.229. The molecule has 0 radical (unpaired) electrons. The van der Waals surface area contributed by atoms with Crippen molar-refractivity contribution in [3.05, 3.63) is 99.3 Å². The van der Waals surface area contributed by atoms with Gasteiger partial charge < -0.3 is 14.8 Å². The molecule has 192 valence electrons. The van der Waals surface area contributed by atoms with Crippen LogP contribution in [0.1, 0.15) is 36.4 Å². The van der Waals surface area contributed by atoms with Gasteiger partial charge in [-0.25, -0.2) is 5.01 Å². The summed E-state index contributed by atoms with van der Waals surface area (Å²) in [6, 6.07) is 21.4. The van der Waals surface area contributed by atoms with E-state index in [1.165, 1.54) is 12.1 Å². The van der Waals surface area contributed by atoms with Gasteiger partial charge in [-0.1, -0.05) is 60.1 Å². The zero-order valence-corrected chi connectivity index (χ0v) is 21.2. The Balaban J connectivity index is 1.71. The minimum atomic E-state index is -1.08. The highest BCUT2D eigenvalue weighted by Gasteiger charge is 2.36. The van der Waals surface area contributed by atoms with E-state index in [9.17, 15) is 14.4 Å². The van der Waals surface area contributed by atoms with E-state index in [1.54, 1.807) is 24.3 Å². The standard InChI is InChI=1S/C29H24ClN3O5/c1-38-24-10-6-5-9-19(24)23-16-22(32-33(23)25(34)13-14-26(35)36)28-27(17-7-3-2-4-8-17)20-15-18(30)11-12-21(20)31-29(28)37/h2-12,15,23H,13-14,16H2,1H3,(H,31,37)(H,35,36). The number of carboxylic acids is 1. The number of nitrogens with zero attached hydrogens (tertiary/aromatic N) is 2. The van der Waals surface area contributed by atoms with E-state index < -0.39 is 17.9 Å². The molecule has 8 nitrogen and oxygen atoms in total. The average Bonchev–Trinajstić information content (AvgIpc) is 3.36. The zero-order chi connectivity index (χ0) is 26.8. The van der Waals surface area contributed by atoms with Gasteiger partial charge in [0.15, 0.2) is 0 Å². The molecule has 3 aromatic carbocycles. The highest BCUT2D eigenvalue weighted by Crippen LogP contribution is 2.40. The molecule has 0 fully saturated rings. The summed E-state index contributed by atoms with van der Waals surface area (Å²) < 4.78 is 5.55. The maximum Gasteiger partial charge on any atom is 0.303 e. The lowest BCUT2D eigenvalue weighted by Crippen LogP contribution is -2.27. The number of ether oxygens (including phenoxy) is 1. The lowest BCUT2D eigenvalue weighted by atomic mass is 9.91. The number of para-hydroxylation sites is 1. The molecule has 0 saturated heterocycles. The maximum atomic E-state index is 13.6. The van der Waals surface area contributed by atoms with Gasteiger partial charge in [0.2, 0.25) is 5.91 Å². The summed E-state index contributed by atoms with van der Waals surface area (Å²) in [6.45, 7) is 0. The van der Waals surface area contributed by atoms with E-state index in [0.29, 0.717) is 38.7 Å². The molecule has 0 aliphatic carbocycles. The number of aliphatic carboxylic acids is 1. The number of carboxylic acid groups (broad SMARTS) is 1. The molecule has 5 rings (SSSR count). The first-order valence-corrected chi connectivity index (χ1v) is 12.4. The SMILES string of the molecule is COc1ccccc1C1CC(c2c(-c3ccccc3)c3cc(Cl)ccc3[nH]c2=O)=NN1C(=O)CCC(=O)O. The van der Waals surface area contributed by atoms with Crippen LogP contribution in [0.25, 0.3) is 22.0 Å². The normalized spacial score (nSPS) is 14.9. The Bertz CT molecular complexity index is 1630. The molecule has 9 heteroatoms. The number of hydrazone groups is 1. The molecule has 0 spiro atoms. The van der Waals surface area contributed by atoms with Gasteiger partial charge in [0, 0.05) is 39.9 Å². The number of H-pyrrole nitrogens is 1. The highest BCUT2D eigenvalue weighted by atomic mass is 35.5. The second kappa shape index (κ2) is 10.5. The molecule has 1 unspecified atom stereocenters. The number of carbonyl (C=O) groups excluding carboxylic acids is 1. The van der Waals surface area contributed by atoms with Crippen molar-refractivity contribution in [1.82, 2.24) is 9.99 Å². The van der Waals surface area contributed by atoms with Crippen molar-refractivity contribution in [2.75, 3.05) is 7.11 Å². The number of hydrogen-bond acceptors (Lipinski definition) is 5. The molecular formula is C29H24ClN3O5. The van der Waals surface area contributed by atoms with Crippen LogP contribution in [0, 0.1) is 0 Å². The third-order valence-corrected chi connectivity index (χ3v) is 6.78. The molecule has 1 aliphatic heterocycles. The summed E-state index contributed by atoms with van der Waals surface area (Å²) in [5.41, 5.74) is 3.18. The maximum absolute atomic E-state index is 13.6. The van der Waals surface area contributed by atoms with Crippen LogP contribution >= 0.6 is 11.6 Å². The third-order valence-electron chi connectivity index (χ3n) is 6.54. The smallest absolute Gasteiger partial charge is 0.303 e. The summed E-state index contributed by atoms with van der Waals surface area (Å²) >= 11 is 6.35. The quantitative estimate of drug-likeness (QED) is 0.333. The van der Waals surface area contributed by atoms with Crippen molar-refractivity contribution >= 4 is 40.1 Å². The van der Waals surface area contributed by atoms with Gasteiger partial charge in [0.05, 0.1) is 30.8 Å². The van der Waals surface area contributed by atoms with Crippen molar-refractivity contribution < 1.29 is 19.4 Å². The molecule has 1 amide bonds. The molecule has 4 aromatic rings. The second-order valence-corrected chi connectivity index (χ2v) is 9.34. The molecule has 0 bridgehead atoms. The van der Waals surface area contributed by atoms with Gasteiger partial charge in [-0.05, 0) is 29.8 Å².